The van der Waals surface area contributed by atoms with Gasteiger partial charge in [-0.05, 0) is 52.6 Å². The molecule has 1 atom stereocenters. The first-order valence-corrected chi connectivity index (χ1v) is 8.31. The van der Waals surface area contributed by atoms with E-state index >= 15 is 0 Å². The number of thiophene rings is 1. The molecule has 23 heavy (non-hydrogen) atoms. The zero-order valence-corrected chi connectivity index (χ0v) is 13.5. The largest absolute Gasteiger partial charge is 0.285 e. The Morgan fingerprint density at radius 3 is 2.26 bits per heavy atom. The predicted molar refractivity (Wildman–Crippen MR) is 92.6 cm³/mol. The molecule has 3 rings (SSSR count). The van der Waals surface area contributed by atoms with E-state index in [1.54, 1.807) is 30.4 Å². The molecule has 0 saturated heterocycles. The second-order valence-electron chi connectivity index (χ2n) is 5.33. The van der Waals surface area contributed by atoms with Crippen molar-refractivity contribution in [3.8, 4) is 11.1 Å². The van der Waals surface area contributed by atoms with Gasteiger partial charge in [-0.1, -0.05) is 42.5 Å². The third-order valence-corrected chi connectivity index (χ3v) is 4.54. The molecule has 0 aliphatic carbocycles. The summed E-state index contributed by atoms with van der Waals surface area (Å²) in [6, 6.07) is 18.8. The first-order chi connectivity index (χ1) is 11.2. The molecule has 116 valence electrons. The molecule has 0 fully saturated rings. The first kappa shape index (κ1) is 15.5. The first-order valence-electron chi connectivity index (χ1n) is 7.37. The van der Waals surface area contributed by atoms with Crippen molar-refractivity contribution in [2.75, 3.05) is 0 Å². The maximum Gasteiger partial charge on any atom is 0.277 e. The monoisotopic (exact) mass is 323 g/mol. The van der Waals surface area contributed by atoms with Gasteiger partial charge in [-0.2, -0.15) is 11.3 Å². The highest BCUT2D eigenvalue weighted by Gasteiger charge is 2.21. The highest BCUT2D eigenvalue weighted by Crippen LogP contribution is 2.24. The Morgan fingerprint density at radius 2 is 1.65 bits per heavy atom. The zero-order chi connectivity index (χ0) is 16.2. The van der Waals surface area contributed by atoms with Crippen molar-refractivity contribution in [1.29, 1.82) is 0 Å². The highest BCUT2D eigenvalue weighted by atomic mass is 32.1. The van der Waals surface area contributed by atoms with Crippen LogP contribution in [0.25, 0.3) is 11.1 Å². The number of hydroxylamine groups is 2. The molecule has 2 aromatic carbocycles. The molecule has 1 unspecified atom stereocenters. The molecule has 4 heteroatoms. The summed E-state index contributed by atoms with van der Waals surface area (Å²) in [4.78, 5) is 12.4. The highest BCUT2D eigenvalue weighted by molar-refractivity contribution is 7.07. The van der Waals surface area contributed by atoms with Crippen molar-refractivity contribution in [2.45, 2.75) is 13.0 Å². The van der Waals surface area contributed by atoms with Crippen molar-refractivity contribution in [1.82, 2.24) is 5.06 Å². The Morgan fingerprint density at radius 1 is 1.00 bits per heavy atom. The molecule has 0 spiro atoms. The zero-order valence-electron chi connectivity index (χ0n) is 12.7. The molecule has 1 amide bonds. The van der Waals surface area contributed by atoms with Gasteiger partial charge in [0.1, 0.15) is 0 Å². The number of rotatable bonds is 4. The second kappa shape index (κ2) is 6.77. The topological polar surface area (TPSA) is 40.5 Å². The van der Waals surface area contributed by atoms with Gasteiger partial charge in [0.2, 0.25) is 0 Å². The number of amides is 1. The number of hydrogen-bond acceptors (Lipinski definition) is 3. The summed E-state index contributed by atoms with van der Waals surface area (Å²) in [5.74, 6) is -0.400. The smallest absolute Gasteiger partial charge is 0.277 e. The molecule has 3 nitrogen and oxygen atoms in total. The summed E-state index contributed by atoms with van der Waals surface area (Å²) in [6.07, 6.45) is 0. The maximum atomic E-state index is 12.4. The normalized spacial score (nSPS) is 11.9. The summed E-state index contributed by atoms with van der Waals surface area (Å²) in [6.45, 7) is 1.80. The van der Waals surface area contributed by atoms with E-state index in [2.05, 4.69) is 0 Å². The Balaban J connectivity index is 1.78. The fourth-order valence-corrected chi connectivity index (χ4v) is 3.14. The standard InChI is InChI=1S/C19H17NO2S/c1-14(18-11-12-23-13-18)20(22)19(21)17-9-7-16(8-10-17)15-5-3-2-4-6-15/h2-14,22H,1H3. The fourth-order valence-electron chi connectivity index (χ4n) is 2.40. The molecule has 0 aliphatic rings. The number of nitrogens with zero attached hydrogens (tertiary/aromatic N) is 1. The molecule has 1 heterocycles. The van der Waals surface area contributed by atoms with Crippen LogP contribution < -0.4 is 0 Å². The Labute approximate surface area is 139 Å². The maximum absolute atomic E-state index is 12.4. The van der Waals surface area contributed by atoms with Crippen LogP contribution in [-0.2, 0) is 0 Å². The van der Waals surface area contributed by atoms with Crippen LogP contribution in [0.2, 0.25) is 0 Å². The van der Waals surface area contributed by atoms with Gasteiger partial charge in [-0.25, -0.2) is 5.06 Å². The molecule has 0 aliphatic heterocycles. The molecule has 3 aromatic rings. The SMILES string of the molecule is CC(c1ccsc1)N(O)C(=O)c1ccc(-c2ccccc2)cc1. The van der Waals surface area contributed by atoms with E-state index in [1.165, 1.54) is 0 Å². The summed E-state index contributed by atoms with van der Waals surface area (Å²) >= 11 is 1.54. The van der Waals surface area contributed by atoms with E-state index in [-0.39, 0.29) is 6.04 Å². The second-order valence-corrected chi connectivity index (χ2v) is 6.11. The molecule has 0 radical (unpaired) electrons. The average Bonchev–Trinajstić information content (AvgIpc) is 3.15. The lowest BCUT2D eigenvalue weighted by molar-refractivity contribution is -0.0853. The minimum absolute atomic E-state index is 0.373. The van der Waals surface area contributed by atoms with Crippen molar-refractivity contribution < 1.29 is 10.0 Å². The number of carbonyl (C=O) groups is 1. The third kappa shape index (κ3) is 3.33. The van der Waals surface area contributed by atoms with Crippen molar-refractivity contribution >= 4 is 17.2 Å². The van der Waals surface area contributed by atoms with Crippen molar-refractivity contribution in [2.24, 2.45) is 0 Å². The number of benzene rings is 2. The van der Waals surface area contributed by atoms with Gasteiger partial charge in [0.15, 0.2) is 0 Å². The van der Waals surface area contributed by atoms with Crippen LogP contribution in [-0.4, -0.2) is 16.2 Å². The van der Waals surface area contributed by atoms with E-state index in [1.807, 2.05) is 59.3 Å². The van der Waals surface area contributed by atoms with E-state index in [4.69, 9.17) is 0 Å². The van der Waals surface area contributed by atoms with E-state index < -0.39 is 5.91 Å². The van der Waals surface area contributed by atoms with Gasteiger partial charge < -0.3 is 0 Å². The van der Waals surface area contributed by atoms with Gasteiger partial charge in [0.25, 0.3) is 5.91 Å². The molecule has 1 aromatic heterocycles. The Hall–Kier alpha value is -2.43. The minimum Gasteiger partial charge on any atom is -0.285 e. The quantitative estimate of drug-likeness (QED) is 0.542. The Bertz CT molecular complexity index is 767. The summed E-state index contributed by atoms with van der Waals surface area (Å²) < 4.78 is 0. The van der Waals surface area contributed by atoms with Crippen LogP contribution in [0.5, 0.6) is 0 Å². The third-order valence-electron chi connectivity index (χ3n) is 3.84. The predicted octanol–water partition coefficient (Wildman–Crippen LogP) is 5.01. The molecule has 1 N–H and O–H groups in total. The van der Waals surface area contributed by atoms with Crippen LogP contribution in [0.4, 0.5) is 0 Å². The van der Waals surface area contributed by atoms with Gasteiger partial charge in [-0.3, -0.25) is 10.0 Å². The summed E-state index contributed by atoms with van der Waals surface area (Å²) in [7, 11) is 0. The Kier molecular flexibility index (Phi) is 4.55. The molecular weight excluding hydrogens is 306 g/mol. The van der Waals surface area contributed by atoms with E-state index in [0.29, 0.717) is 5.56 Å². The van der Waals surface area contributed by atoms with E-state index in [9.17, 15) is 10.0 Å². The van der Waals surface area contributed by atoms with Crippen LogP contribution in [0, 0.1) is 0 Å². The fraction of sp³-hybridized carbons (Fsp3) is 0.105. The van der Waals surface area contributed by atoms with Crippen LogP contribution in [0.1, 0.15) is 28.9 Å². The summed E-state index contributed by atoms with van der Waals surface area (Å²) in [5, 5.41) is 14.8. The van der Waals surface area contributed by atoms with E-state index in [0.717, 1.165) is 21.8 Å². The van der Waals surface area contributed by atoms with Crippen molar-refractivity contribution in [3.63, 3.8) is 0 Å². The van der Waals surface area contributed by atoms with Crippen LogP contribution in [0.15, 0.2) is 71.4 Å². The van der Waals surface area contributed by atoms with Gasteiger partial charge >= 0.3 is 0 Å². The lowest BCUT2D eigenvalue weighted by Crippen LogP contribution is -2.30. The average molecular weight is 323 g/mol. The molecular formula is C19H17NO2S. The lowest BCUT2D eigenvalue weighted by Gasteiger charge is -2.22. The molecule has 0 saturated carbocycles. The lowest BCUT2D eigenvalue weighted by atomic mass is 10.0. The van der Waals surface area contributed by atoms with Gasteiger partial charge in [0.05, 0.1) is 6.04 Å². The van der Waals surface area contributed by atoms with Gasteiger partial charge in [0, 0.05) is 5.56 Å². The van der Waals surface area contributed by atoms with Crippen LogP contribution >= 0.6 is 11.3 Å². The minimum atomic E-state index is -0.400. The number of hydrogen-bond donors (Lipinski definition) is 1. The summed E-state index contributed by atoms with van der Waals surface area (Å²) in [5.41, 5.74) is 3.53. The number of carbonyl (C=O) groups excluding carboxylic acids is 1. The molecule has 0 bridgehead atoms. The van der Waals surface area contributed by atoms with Gasteiger partial charge in [-0.15, -0.1) is 0 Å². The van der Waals surface area contributed by atoms with Crippen molar-refractivity contribution in [3.05, 3.63) is 82.6 Å². The van der Waals surface area contributed by atoms with Crippen LogP contribution in [0.3, 0.4) is 0 Å².